The van der Waals surface area contributed by atoms with Crippen molar-refractivity contribution in [1.29, 1.82) is 0 Å². The smallest absolute Gasteiger partial charge is 0.246 e. The van der Waals surface area contributed by atoms with Crippen LogP contribution >= 0.6 is 11.8 Å². The lowest BCUT2D eigenvalue weighted by Gasteiger charge is -2.17. The molecular weight excluding hydrogens is 186 g/mol. The average Bonchev–Trinajstić information content (AvgIpc) is 2.15. The van der Waals surface area contributed by atoms with E-state index in [4.69, 9.17) is 11.6 Å². The lowest BCUT2D eigenvalue weighted by Crippen LogP contribution is -2.38. The Bertz CT molecular complexity index is 154. The van der Waals surface area contributed by atoms with E-state index in [1.807, 2.05) is 13.8 Å². The molecule has 1 amide bonds. The first-order valence-corrected chi connectivity index (χ1v) is 5.45. The van der Waals surface area contributed by atoms with E-state index >= 15 is 0 Å². The third-order valence-corrected chi connectivity index (χ3v) is 3.15. The van der Waals surface area contributed by atoms with Crippen molar-refractivity contribution in [3.8, 4) is 0 Å². The molecule has 0 aromatic heterocycles. The molecule has 0 radical (unpaired) electrons. The summed E-state index contributed by atoms with van der Waals surface area (Å²) in [5, 5.41) is 0.238. The molecule has 2 atom stereocenters. The molecule has 0 bridgehead atoms. The van der Waals surface area contributed by atoms with E-state index in [0.717, 1.165) is 12.8 Å². The molecule has 0 aliphatic heterocycles. The van der Waals surface area contributed by atoms with Crippen LogP contribution in [0.4, 0.5) is 0 Å². The number of hydrogen-bond donors (Lipinski definition) is 3. The molecule has 0 aliphatic rings. The molecule has 0 aliphatic carbocycles. The molecule has 78 valence electrons. The molecule has 0 fully saturated rings. The standard InChI is InChI=1S/C8H19N3OS/c1-3-4-7(8(12)11-10)13-6(2)5-9/h6-7H,3-5,9-10H2,1-2H3,(H,11,12). The van der Waals surface area contributed by atoms with E-state index in [9.17, 15) is 4.79 Å². The van der Waals surface area contributed by atoms with E-state index in [1.54, 1.807) is 11.8 Å². The minimum Gasteiger partial charge on any atom is -0.329 e. The van der Waals surface area contributed by atoms with Crippen molar-refractivity contribution in [1.82, 2.24) is 5.43 Å². The number of thioether (sulfide) groups is 1. The number of nitrogens with two attached hydrogens (primary N) is 2. The molecule has 0 saturated carbocycles. The lowest BCUT2D eigenvalue weighted by molar-refractivity contribution is -0.120. The van der Waals surface area contributed by atoms with Gasteiger partial charge < -0.3 is 5.73 Å². The fourth-order valence-corrected chi connectivity index (χ4v) is 2.19. The van der Waals surface area contributed by atoms with Crippen molar-refractivity contribution >= 4 is 17.7 Å². The molecule has 0 aromatic rings. The van der Waals surface area contributed by atoms with Crippen molar-refractivity contribution in [2.24, 2.45) is 11.6 Å². The van der Waals surface area contributed by atoms with Gasteiger partial charge in [-0.15, -0.1) is 11.8 Å². The van der Waals surface area contributed by atoms with E-state index in [-0.39, 0.29) is 11.2 Å². The highest BCUT2D eigenvalue weighted by Gasteiger charge is 2.19. The molecule has 2 unspecified atom stereocenters. The Labute approximate surface area is 83.8 Å². The summed E-state index contributed by atoms with van der Waals surface area (Å²) in [6.45, 7) is 4.64. The highest BCUT2D eigenvalue weighted by Crippen LogP contribution is 2.20. The summed E-state index contributed by atoms with van der Waals surface area (Å²) in [5.41, 5.74) is 7.65. The second-order valence-corrected chi connectivity index (χ2v) is 4.61. The maximum absolute atomic E-state index is 11.3. The Balaban J connectivity index is 4.00. The Morgan fingerprint density at radius 2 is 2.23 bits per heavy atom. The van der Waals surface area contributed by atoms with Crippen LogP contribution in [-0.2, 0) is 4.79 Å². The molecule has 0 heterocycles. The van der Waals surface area contributed by atoms with Crippen molar-refractivity contribution < 1.29 is 4.79 Å². The van der Waals surface area contributed by atoms with Gasteiger partial charge in [-0.3, -0.25) is 10.2 Å². The zero-order valence-electron chi connectivity index (χ0n) is 8.25. The second-order valence-electron chi connectivity index (χ2n) is 2.97. The zero-order chi connectivity index (χ0) is 10.3. The van der Waals surface area contributed by atoms with E-state index < -0.39 is 0 Å². The fraction of sp³-hybridized carbons (Fsp3) is 0.875. The molecule has 4 nitrogen and oxygen atoms in total. The van der Waals surface area contributed by atoms with Gasteiger partial charge in [0.2, 0.25) is 5.91 Å². The van der Waals surface area contributed by atoms with Gasteiger partial charge in [0.05, 0.1) is 5.25 Å². The van der Waals surface area contributed by atoms with Gasteiger partial charge >= 0.3 is 0 Å². The SMILES string of the molecule is CCCC(SC(C)CN)C(=O)NN. The van der Waals surface area contributed by atoms with Gasteiger partial charge in [0.1, 0.15) is 0 Å². The van der Waals surface area contributed by atoms with Crippen LogP contribution in [0.1, 0.15) is 26.7 Å². The first kappa shape index (κ1) is 12.7. The van der Waals surface area contributed by atoms with Crippen LogP contribution < -0.4 is 17.0 Å². The van der Waals surface area contributed by atoms with Gasteiger partial charge in [-0.1, -0.05) is 20.3 Å². The first-order valence-electron chi connectivity index (χ1n) is 4.51. The van der Waals surface area contributed by atoms with E-state index in [1.165, 1.54) is 0 Å². The summed E-state index contributed by atoms with van der Waals surface area (Å²) >= 11 is 1.58. The zero-order valence-corrected chi connectivity index (χ0v) is 9.06. The summed E-state index contributed by atoms with van der Waals surface area (Å²) in [6.07, 6.45) is 1.82. The van der Waals surface area contributed by atoms with Crippen LogP contribution in [0.15, 0.2) is 0 Å². The number of nitrogens with one attached hydrogen (secondary N) is 1. The maximum Gasteiger partial charge on any atom is 0.246 e. The van der Waals surface area contributed by atoms with Gasteiger partial charge in [0.15, 0.2) is 0 Å². The Morgan fingerprint density at radius 3 is 2.62 bits per heavy atom. The minimum absolute atomic E-state index is 0.0615. The van der Waals surface area contributed by atoms with Crippen LogP contribution in [0, 0.1) is 0 Å². The molecule has 13 heavy (non-hydrogen) atoms. The normalized spacial score (nSPS) is 15.1. The highest BCUT2D eigenvalue weighted by atomic mass is 32.2. The van der Waals surface area contributed by atoms with Crippen molar-refractivity contribution in [3.63, 3.8) is 0 Å². The van der Waals surface area contributed by atoms with Crippen LogP contribution in [0.5, 0.6) is 0 Å². The Morgan fingerprint density at radius 1 is 1.62 bits per heavy atom. The van der Waals surface area contributed by atoms with Gasteiger partial charge in [0.25, 0.3) is 0 Å². The number of carbonyl (C=O) groups is 1. The number of hydrazine groups is 1. The summed E-state index contributed by atoms with van der Waals surface area (Å²) in [4.78, 5) is 11.3. The lowest BCUT2D eigenvalue weighted by atomic mass is 10.2. The summed E-state index contributed by atoms with van der Waals surface area (Å²) in [7, 11) is 0. The van der Waals surface area contributed by atoms with Crippen LogP contribution in [0.2, 0.25) is 0 Å². The summed E-state index contributed by atoms with van der Waals surface area (Å²) in [6, 6.07) is 0. The second kappa shape index (κ2) is 7.17. The number of hydrogen-bond acceptors (Lipinski definition) is 4. The monoisotopic (exact) mass is 205 g/mol. The van der Waals surface area contributed by atoms with Crippen LogP contribution in [0.3, 0.4) is 0 Å². The minimum atomic E-state index is -0.104. The summed E-state index contributed by atoms with van der Waals surface area (Å²) < 4.78 is 0. The van der Waals surface area contributed by atoms with E-state index in [2.05, 4.69) is 5.43 Å². The molecule has 0 spiro atoms. The molecule has 0 rings (SSSR count). The Kier molecular flexibility index (Phi) is 7.03. The first-order chi connectivity index (χ1) is 6.15. The van der Waals surface area contributed by atoms with E-state index in [0.29, 0.717) is 11.8 Å². The predicted octanol–water partition coefficient (Wildman–Crippen LogP) is 0.225. The van der Waals surface area contributed by atoms with Crippen LogP contribution in [-0.4, -0.2) is 23.0 Å². The largest absolute Gasteiger partial charge is 0.329 e. The molecule has 0 aromatic carbocycles. The average molecular weight is 205 g/mol. The van der Waals surface area contributed by atoms with Gasteiger partial charge in [-0.2, -0.15) is 0 Å². The van der Waals surface area contributed by atoms with Crippen molar-refractivity contribution in [2.75, 3.05) is 6.54 Å². The maximum atomic E-state index is 11.3. The third kappa shape index (κ3) is 5.13. The topological polar surface area (TPSA) is 81.1 Å². The number of amides is 1. The van der Waals surface area contributed by atoms with Crippen molar-refractivity contribution in [3.05, 3.63) is 0 Å². The third-order valence-electron chi connectivity index (χ3n) is 1.71. The number of carbonyl (C=O) groups excluding carboxylic acids is 1. The number of rotatable bonds is 6. The molecule has 0 saturated heterocycles. The van der Waals surface area contributed by atoms with Gasteiger partial charge in [0, 0.05) is 11.8 Å². The van der Waals surface area contributed by atoms with Crippen molar-refractivity contribution in [2.45, 2.75) is 37.2 Å². The van der Waals surface area contributed by atoms with Gasteiger partial charge in [-0.05, 0) is 6.42 Å². The summed E-state index contributed by atoms with van der Waals surface area (Å²) in [5.74, 6) is 4.97. The van der Waals surface area contributed by atoms with Gasteiger partial charge in [-0.25, -0.2) is 5.84 Å². The highest BCUT2D eigenvalue weighted by molar-refractivity contribution is 8.01. The predicted molar refractivity (Wildman–Crippen MR) is 57.1 cm³/mol. The molecule has 5 N–H and O–H groups in total. The fourth-order valence-electron chi connectivity index (χ4n) is 0.952. The molecular formula is C8H19N3OS. The molecule has 5 heteroatoms. The Hall–Kier alpha value is -0.260. The quantitative estimate of drug-likeness (QED) is 0.329. The van der Waals surface area contributed by atoms with Crippen LogP contribution in [0.25, 0.3) is 0 Å².